The van der Waals surface area contributed by atoms with Crippen LogP contribution in [0.4, 0.5) is 15.9 Å². The van der Waals surface area contributed by atoms with E-state index >= 15 is 0 Å². The predicted molar refractivity (Wildman–Crippen MR) is 134 cm³/mol. The molecule has 1 N–H and O–H groups in total. The van der Waals surface area contributed by atoms with E-state index in [-0.39, 0.29) is 29.3 Å². The number of amides is 2. The largest absolute Gasteiger partial charge is 0.506 e. The number of carbonyl (C=O) groups is 2. The molecule has 190 valence electrons. The Kier molecular flexibility index (Phi) is 9.01. The van der Waals surface area contributed by atoms with Crippen molar-refractivity contribution in [3.05, 3.63) is 42.1 Å². The van der Waals surface area contributed by atoms with Crippen molar-refractivity contribution in [1.29, 1.82) is 0 Å². The summed E-state index contributed by atoms with van der Waals surface area (Å²) in [6.45, 7) is 5.70. The number of pyridine rings is 2. The summed E-state index contributed by atoms with van der Waals surface area (Å²) in [6.07, 6.45) is 8.69. The van der Waals surface area contributed by atoms with Crippen molar-refractivity contribution in [1.82, 2.24) is 14.9 Å². The first-order chi connectivity index (χ1) is 16.7. The first kappa shape index (κ1) is 26.4. The Morgan fingerprint density at radius 1 is 1.20 bits per heavy atom. The lowest BCUT2D eigenvalue weighted by atomic mass is 9.98. The topological polar surface area (TPSA) is 89.9 Å². The highest BCUT2D eigenvalue weighted by molar-refractivity contribution is 5.95. The molecule has 3 aliphatic rings. The monoisotopic (exact) mass is 485 g/mol. The van der Waals surface area contributed by atoms with Gasteiger partial charge in [-0.25, -0.2) is 9.37 Å². The number of hydrogen-bond acceptors (Lipinski definition) is 6. The van der Waals surface area contributed by atoms with E-state index < -0.39 is 5.82 Å². The summed E-state index contributed by atoms with van der Waals surface area (Å²) in [5.41, 5.74) is 1.42. The Labute approximate surface area is 206 Å². The van der Waals surface area contributed by atoms with Crippen molar-refractivity contribution in [2.45, 2.75) is 46.0 Å². The van der Waals surface area contributed by atoms with Gasteiger partial charge in [0.2, 0.25) is 11.8 Å². The third kappa shape index (κ3) is 7.37. The maximum Gasteiger partial charge on any atom is 0.228 e. The first-order valence-electron chi connectivity index (χ1n) is 12.2. The molecular formula is C26H36FN5O3. The van der Waals surface area contributed by atoms with E-state index in [2.05, 4.69) is 16.9 Å². The summed E-state index contributed by atoms with van der Waals surface area (Å²) in [7, 11) is 3.43. The van der Waals surface area contributed by atoms with Gasteiger partial charge in [0.25, 0.3) is 0 Å². The van der Waals surface area contributed by atoms with Crippen molar-refractivity contribution in [2.75, 3.05) is 43.5 Å². The molecule has 2 aliphatic heterocycles. The van der Waals surface area contributed by atoms with Gasteiger partial charge < -0.3 is 19.8 Å². The Hall–Kier alpha value is -3.23. The smallest absolute Gasteiger partial charge is 0.228 e. The molecule has 1 aliphatic carbocycles. The number of rotatable bonds is 4. The van der Waals surface area contributed by atoms with Crippen LogP contribution in [-0.2, 0) is 9.59 Å². The van der Waals surface area contributed by atoms with Crippen LogP contribution < -0.4 is 9.80 Å². The molecule has 2 aromatic rings. The van der Waals surface area contributed by atoms with Crippen molar-refractivity contribution >= 4 is 23.3 Å². The van der Waals surface area contributed by atoms with Crippen molar-refractivity contribution in [3.8, 4) is 5.75 Å². The Balaban J connectivity index is 0.000000214. The van der Waals surface area contributed by atoms with Gasteiger partial charge in [-0.05, 0) is 31.4 Å². The van der Waals surface area contributed by atoms with Crippen LogP contribution >= 0.6 is 0 Å². The minimum atomic E-state index is -0.451. The standard InChI is InChI=1S/C15H19FN4O2.C6H7NO.C5H10/c1-18(2)15(22)10-8-19(9-10)14-12(16)6-11(7-17-14)20-5-3-4-13(20)21;1-5-2-3-6(8)4-7-5;1-2-5-3-4-5/h6-7,10H,3-5,8-9H2,1-2H3;2-4,8H,1H3;5H,2-4H2,1H3. The number of aryl methyl sites for hydroxylation is 1. The van der Waals surface area contributed by atoms with Crippen LogP contribution in [0.2, 0.25) is 0 Å². The fourth-order valence-electron chi connectivity index (χ4n) is 3.88. The minimum Gasteiger partial charge on any atom is -0.506 e. The molecule has 9 heteroatoms. The molecule has 0 spiro atoms. The average Bonchev–Trinajstić information content (AvgIpc) is 3.56. The highest BCUT2D eigenvalue weighted by Crippen LogP contribution is 2.31. The molecule has 0 radical (unpaired) electrons. The zero-order valence-corrected chi connectivity index (χ0v) is 21.1. The normalized spacial score (nSPS) is 17.1. The van der Waals surface area contributed by atoms with Crippen LogP contribution in [0.15, 0.2) is 30.6 Å². The Morgan fingerprint density at radius 2 is 1.91 bits per heavy atom. The summed E-state index contributed by atoms with van der Waals surface area (Å²) in [5, 5.41) is 8.69. The van der Waals surface area contributed by atoms with Crippen LogP contribution in [0.3, 0.4) is 0 Å². The molecule has 1 saturated carbocycles. The SMILES string of the molecule is CCC1CC1.CN(C)C(=O)C1CN(c2ncc(N3CCCC3=O)cc2F)C1.Cc1ccc(O)cn1. The van der Waals surface area contributed by atoms with Crippen LogP contribution in [0.1, 0.15) is 44.7 Å². The third-order valence-electron chi connectivity index (χ3n) is 6.33. The van der Waals surface area contributed by atoms with E-state index in [1.807, 2.05) is 6.92 Å². The Morgan fingerprint density at radius 3 is 2.34 bits per heavy atom. The summed E-state index contributed by atoms with van der Waals surface area (Å²) in [4.78, 5) is 36.3. The number of anilines is 2. The fraction of sp³-hybridized carbons (Fsp3) is 0.538. The van der Waals surface area contributed by atoms with Crippen LogP contribution in [0.25, 0.3) is 0 Å². The van der Waals surface area contributed by atoms with E-state index in [0.717, 1.165) is 18.0 Å². The summed E-state index contributed by atoms with van der Waals surface area (Å²) < 4.78 is 14.3. The fourth-order valence-corrected chi connectivity index (χ4v) is 3.88. The van der Waals surface area contributed by atoms with Crippen LogP contribution in [0, 0.1) is 24.6 Å². The van der Waals surface area contributed by atoms with E-state index in [1.54, 1.807) is 40.9 Å². The second-order valence-corrected chi connectivity index (χ2v) is 9.49. The van der Waals surface area contributed by atoms with Gasteiger partial charge >= 0.3 is 0 Å². The predicted octanol–water partition coefficient (Wildman–Crippen LogP) is 3.77. The highest BCUT2D eigenvalue weighted by Gasteiger charge is 2.36. The highest BCUT2D eigenvalue weighted by atomic mass is 19.1. The number of carbonyl (C=O) groups excluding carboxylic acids is 2. The van der Waals surface area contributed by atoms with Gasteiger partial charge in [0.15, 0.2) is 11.6 Å². The van der Waals surface area contributed by atoms with E-state index in [4.69, 9.17) is 5.11 Å². The van der Waals surface area contributed by atoms with E-state index in [0.29, 0.717) is 31.7 Å². The lowest BCUT2D eigenvalue weighted by Crippen LogP contribution is -2.54. The minimum absolute atomic E-state index is 0.00884. The molecule has 2 saturated heterocycles. The zero-order chi connectivity index (χ0) is 25.5. The maximum absolute atomic E-state index is 14.3. The van der Waals surface area contributed by atoms with Crippen LogP contribution in [-0.4, -0.2) is 65.5 Å². The number of aromatic nitrogens is 2. The average molecular weight is 486 g/mol. The van der Waals surface area contributed by atoms with E-state index in [1.165, 1.54) is 37.7 Å². The molecule has 0 unspecified atom stereocenters. The number of aromatic hydroxyl groups is 1. The third-order valence-corrected chi connectivity index (χ3v) is 6.33. The van der Waals surface area contributed by atoms with Gasteiger partial charge in [-0.15, -0.1) is 0 Å². The number of halogens is 1. The summed E-state index contributed by atoms with van der Waals surface area (Å²) >= 11 is 0. The Bertz CT molecular complexity index is 984. The second-order valence-electron chi connectivity index (χ2n) is 9.49. The van der Waals surface area contributed by atoms with E-state index in [9.17, 15) is 14.0 Å². The lowest BCUT2D eigenvalue weighted by molar-refractivity contribution is -0.133. The van der Waals surface area contributed by atoms with Gasteiger partial charge in [0, 0.05) is 51.9 Å². The van der Waals surface area contributed by atoms with Gasteiger partial charge in [0.1, 0.15) is 5.75 Å². The molecule has 5 rings (SSSR count). The van der Waals surface area contributed by atoms with Crippen molar-refractivity contribution in [2.24, 2.45) is 11.8 Å². The molecule has 0 bridgehead atoms. The second kappa shape index (κ2) is 12.0. The number of nitrogens with zero attached hydrogens (tertiary/aromatic N) is 5. The molecule has 0 atom stereocenters. The first-order valence-corrected chi connectivity index (χ1v) is 12.2. The molecule has 8 nitrogen and oxygen atoms in total. The maximum atomic E-state index is 14.3. The lowest BCUT2D eigenvalue weighted by Gasteiger charge is -2.40. The quantitative estimate of drug-likeness (QED) is 0.709. The van der Waals surface area contributed by atoms with Gasteiger partial charge in [-0.1, -0.05) is 26.2 Å². The summed E-state index contributed by atoms with van der Waals surface area (Å²) in [5.74, 6) is 1.11. The molecule has 2 amide bonds. The van der Waals surface area contributed by atoms with Crippen molar-refractivity contribution < 1.29 is 19.1 Å². The molecule has 0 aromatic carbocycles. The molecule has 3 fully saturated rings. The number of hydrogen-bond donors (Lipinski definition) is 1. The van der Waals surface area contributed by atoms with Crippen molar-refractivity contribution in [3.63, 3.8) is 0 Å². The van der Waals surface area contributed by atoms with Crippen LogP contribution in [0.5, 0.6) is 5.75 Å². The molecule has 2 aromatic heterocycles. The zero-order valence-electron chi connectivity index (χ0n) is 21.1. The molecule has 4 heterocycles. The van der Waals surface area contributed by atoms with Gasteiger partial charge in [0.05, 0.1) is 24.0 Å². The molecule has 35 heavy (non-hydrogen) atoms. The van der Waals surface area contributed by atoms with Gasteiger partial charge in [-0.2, -0.15) is 0 Å². The summed E-state index contributed by atoms with van der Waals surface area (Å²) in [6, 6.07) is 4.73. The van der Waals surface area contributed by atoms with Gasteiger partial charge in [-0.3, -0.25) is 14.6 Å². The molecular weight excluding hydrogens is 449 g/mol.